The van der Waals surface area contributed by atoms with Crippen molar-refractivity contribution in [3.63, 3.8) is 0 Å². The maximum Gasteiger partial charge on any atom is 0.279 e. The molecule has 0 aliphatic carbocycles. The van der Waals surface area contributed by atoms with E-state index in [1.54, 1.807) is 18.2 Å². The molecule has 2 N–H and O–H groups in total. The van der Waals surface area contributed by atoms with E-state index in [1.807, 2.05) is 30.3 Å². The van der Waals surface area contributed by atoms with E-state index in [0.717, 1.165) is 9.35 Å². The maximum absolute atomic E-state index is 11.7. The second-order valence-corrected chi connectivity index (χ2v) is 6.25. The van der Waals surface area contributed by atoms with Gasteiger partial charge in [0.25, 0.3) is 11.8 Å². The Morgan fingerprint density at radius 2 is 1.80 bits per heavy atom. The molecule has 0 spiro atoms. The Balaban J connectivity index is 1.83. The fraction of sp³-hybridized carbons (Fsp3) is 0. The van der Waals surface area contributed by atoms with E-state index in [4.69, 9.17) is 0 Å². The summed E-state index contributed by atoms with van der Waals surface area (Å²) in [5.74, 6) is -0.736. The molecule has 0 fully saturated rings. The van der Waals surface area contributed by atoms with Crippen LogP contribution in [-0.4, -0.2) is 11.8 Å². The van der Waals surface area contributed by atoms with Gasteiger partial charge in [0.1, 0.15) is 0 Å². The lowest BCUT2D eigenvalue weighted by Crippen LogP contribution is -2.40. The third-order valence-electron chi connectivity index (χ3n) is 2.32. The summed E-state index contributed by atoms with van der Waals surface area (Å²) in [7, 11) is 0. The summed E-state index contributed by atoms with van der Waals surface area (Å²) < 4.78 is 0.859. The van der Waals surface area contributed by atoms with Crippen LogP contribution in [0.3, 0.4) is 0 Å². The minimum atomic E-state index is -0.391. The molecule has 2 amide bonds. The highest BCUT2D eigenvalue weighted by atomic mass is 79.9. The van der Waals surface area contributed by atoms with Crippen molar-refractivity contribution < 1.29 is 9.59 Å². The molecule has 1 heterocycles. The number of benzene rings is 1. The van der Waals surface area contributed by atoms with Crippen molar-refractivity contribution in [3.8, 4) is 0 Å². The molecule has 2 rings (SSSR count). The molecule has 1 aromatic heterocycles. The molecule has 0 saturated carbocycles. The Morgan fingerprint density at radius 3 is 2.45 bits per heavy atom. The van der Waals surface area contributed by atoms with Crippen LogP contribution < -0.4 is 10.9 Å². The highest BCUT2D eigenvalue weighted by molar-refractivity contribution is 9.11. The lowest BCUT2D eigenvalue weighted by atomic mass is 10.2. The van der Waals surface area contributed by atoms with E-state index in [2.05, 4.69) is 26.8 Å². The van der Waals surface area contributed by atoms with E-state index in [-0.39, 0.29) is 5.91 Å². The third-order valence-corrected chi connectivity index (χ3v) is 3.95. The number of thiophene rings is 1. The summed E-state index contributed by atoms with van der Waals surface area (Å²) in [6.45, 7) is 0. The Bertz CT molecular complexity index is 638. The lowest BCUT2D eigenvalue weighted by Gasteiger charge is -2.02. The van der Waals surface area contributed by atoms with Crippen molar-refractivity contribution in [3.05, 3.63) is 62.8 Å². The average molecular weight is 351 g/mol. The van der Waals surface area contributed by atoms with Crippen LogP contribution in [0.4, 0.5) is 0 Å². The summed E-state index contributed by atoms with van der Waals surface area (Å²) in [6.07, 6.45) is 3.03. The molecular formula is C14H11BrN2O2S. The zero-order chi connectivity index (χ0) is 14.4. The molecule has 4 nitrogen and oxygen atoms in total. The quantitative estimate of drug-likeness (QED) is 0.660. The van der Waals surface area contributed by atoms with Crippen LogP contribution in [0.15, 0.2) is 52.3 Å². The number of hydrazine groups is 1. The number of carbonyl (C=O) groups is 2. The summed E-state index contributed by atoms with van der Waals surface area (Å²) in [5.41, 5.74) is 5.59. The number of nitrogens with one attached hydrogen (secondary N) is 2. The first-order chi connectivity index (χ1) is 9.65. The zero-order valence-corrected chi connectivity index (χ0v) is 12.7. The van der Waals surface area contributed by atoms with Crippen LogP contribution in [-0.2, 0) is 4.79 Å². The van der Waals surface area contributed by atoms with Crippen molar-refractivity contribution in [1.29, 1.82) is 0 Å². The number of carbonyl (C=O) groups excluding carboxylic acids is 2. The van der Waals surface area contributed by atoms with Crippen LogP contribution in [0.25, 0.3) is 6.08 Å². The van der Waals surface area contributed by atoms with Gasteiger partial charge in [-0.05, 0) is 39.7 Å². The predicted molar refractivity (Wildman–Crippen MR) is 83.1 cm³/mol. The Morgan fingerprint density at radius 1 is 1.05 bits per heavy atom. The first-order valence-corrected chi connectivity index (χ1v) is 7.35. The van der Waals surface area contributed by atoms with Crippen molar-refractivity contribution in [2.24, 2.45) is 0 Å². The van der Waals surface area contributed by atoms with Gasteiger partial charge in [-0.25, -0.2) is 0 Å². The van der Waals surface area contributed by atoms with Gasteiger partial charge in [-0.15, -0.1) is 11.3 Å². The molecule has 20 heavy (non-hydrogen) atoms. The van der Waals surface area contributed by atoms with E-state index < -0.39 is 5.91 Å². The Labute approximate surface area is 128 Å². The number of amides is 2. The van der Waals surface area contributed by atoms with Crippen LogP contribution >= 0.6 is 27.3 Å². The molecule has 0 aliphatic heterocycles. The molecule has 0 atom stereocenters. The van der Waals surface area contributed by atoms with Crippen molar-refractivity contribution >= 4 is 45.2 Å². The summed E-state index contributed by atoms with van der Waals surface area (Å²) in [5, 5.41) is 0. The highest BCUT2D eigenvalue weighted by Crippen LogP contribution is 2.21. The van der Waals surface area contributed by atoms with Gasteiger partial charge in [-0.2, -0.15) is 0 Å². The van der Waals surface area contributed by atoms with Gasteiger partial charge in [0, 0.05) is 6.08 Å². The summed E-state index contributed by atoms with van der Waals surface area (Å²) in [4.78, 5) is 23.7. The summed E-state index contributed by atoms with van der Waals surface area (Å²) in [6, 6.07) is 12.9. The SMILES string of the molecule is O=C(/C=C/c1ccccc1)NNC(=O)c1ccc(Br)s1. The van der Waals surface area contributed by atoms with E-state index in [9.17, 15) is 9.59 Å². The average Bonchev–Trinajstić information content (AvgIpc) is 2.90. The van der Waals surface area contributed by atoms with Gasteiger partial charge in [-0.3, -0.25) is 20.4 Å². The predicted octanol–water partition coefficient (Wildman–Crippen LogP) is 2.99. The smallest absolute Gasteiger partial charge is 0.268 e. The molecule has 2 aromatic rings. The molecule has 6 heteroatoms. The molecule has 102 valence electrons. The fourth-order valence-electron chi connectivity index (χ4n) is 1.39. The van der Waals surface area contributed by atoms with Crippen LogP contribution in [0.5, 0.6) is 0 Å². The number of rotatable bonds is 3. The second kappa shape index (κ2) is 7.02. The lowest BCUT2D eigenvalue weighted by molar-refractivity contribution is -0.117. The standard InChI is InChI=1S/C14H11BrN2O2S/c15-12-8-7-11(20-12)14(19)17-16-13(18)9-6-10-4-2-1-3-5-10/h1-9H,(H,16,18)(H,17,19)/b9-6+. The molecule has 0 bridgehead atoms. The fourth-order valence-corrected chi connectivity index (χ4v) is 2.68. The van der Waals surface area contributed by atoms with Crippen molar-refractivity contribution in [2.75, 3.05) is 0 Å². The van der Waals surface area contributed by atoms with Gasteiger partial charge in [0.05, 0.1) is 8.66 Å². The van der Waals surface area contributed by atoms with Gasteiger partial charge >= 0.3 is 0 Å². The van der Waals surface area contributed by atoms with Gasteiger partial charge in [0.15, 0.2) is 0 Å². The second-order valence-electron chi connectivity index (χ2n) is 3.79. The van der Waals surface area contributed by atoms with Crippen molar-refractivity contribution in [1.82, 2.24) is 10.9 Å². The Hall–Kier alpha value is -1.92. The molecule has 1 aromatic carbocycles. The largest absolute Gasteiger partial charge is 0.279 e. The number of hydrogen-bond donors (Lipinski definition) is 2. The monoisotopic (exact) mass is 350 g/mol. The Kier molecular flexibility index (Phi) is 5.09. The first kappa shape index (κ1) is 14.5. The van der Waals surface area contributed by atoms with E-state index >= 15 is 0 Å². The molecular weight excluding hydrogens is 340 g/mol. The molecule has 0 saturated heterocycles. The summed E-state index contributed by atoms with van der Waals surface area (Å²) >= 11 is 4.56. The zero-order valence-electron chi connectivity index (χ0n) is 10.3. The minimum Gasteiger partial charge on any atom is -0.268 e. The first-order valence-electron chi connectivity index (χ1n) is 5.74. The van der Waals surface area contributed by atoms with Gasteiger partial charge < -0.3 is 0 Å². The third kappa shape index (κ3) is 4.32. The van der Waals surface area contributed by atoms with E-state index in [1.165, 1.54) is 17.4 Å². The van der Waals surface area contributed by atoms with Crippen molar-refractivity contribution in [2.45, 2.75) is 0 Å². The normalized spacial score (nSPS) is 10.4. The topological polar surface area (TPSA) is 58.2 Å². The highest BCUT2D eigenvalue weighted by Gasteiger charge is 2.08. The molecule has 0 unspecified atom stereocenters. The maximum atomic E-state index is 11.7. The van der Waals surface area contributed by atoms with Gasteiger partial charge in [-0.1, -0.05) is 30.3 Å². The van der Waals surface area contributed by atoms with Crippen LogP contribution in [0.1, 0.15) is 15.2 Å². The van der Waals surface area contributed by atoms with Crippen LogP contribution in [0, 0.1) is 0 Å². The molecule has 0 radical (unpaired) electrons. The molecule has 0 aliphatic rings. The number of halogens is 1. The van der Waals surface area contributed by atoms with E-state index in [0.29, 0.717) is 4.88 Å². The van der Waals surface area contributed by atoms with Crippen LogP contribution in [0.2, 0.25) is 0 Å². The number of hydrogen-bond acceptors (Lipinski definition) is 3. The van der Waals surface area contributed by atoms with Gasteiger partial charge in [0.2, 0.25) is 0 Å². The minimum absolute atomic E-state index is 0.345.